The molecule has 0 atom stereocenters. The molecular formula is C15H11FN2O2. The molecule has 0 fully saturated rings. The van der Waals surface area contributed by atoms with Crippen molar-refractivity contribution in [2.24, 2.45) is 0 Å². The van der Waals surface area contributed by atoms with Gasteiger partial charge in [0.05, 0.1) is 30.0 Å². The van der Waals surface area contributed by atoms with Crippen molar-refractivity contribution >= 4 is 17.3 Å². The number of carbonyl (C=O) groups excluding carboxylic acids is 1. The molecule has 0 unspecified atom stereocenters. The fourth-order valence-corrected chi connectivity index (χ4v) is 1.68. The number of rotatable bonds is 3. The Labute approximate surface area is 115 Å². The molecule has 2 aromatic rings. The molecule has 0 saturated heterocycles. The third kappa shape index (κ3) is 2.93. The van der Waals surface area contributed by atoms with E-state index in [0.29, 0.717) is 11.3 Å². The van der Waals surface area contributed by atoms with Crippen LogP contribution in [0.2, 0.25) is 0 Å². The van der Waals surface area contributed by atoms with Crippen molar-refractivity contribution in [2.45, 2.75) is 0 Å². The second-order valence-electron chi connectivity index (χ2n) is 4.00. The lowest BCUT2D eigenvalue weighted by Gasteiger charge is -2.09. The SMILES string of the molecule is COC(=O)c1cccc(Nc2ccc(C#N)cc2F)c1. The minimum absolute atomic E-state index is 0.228. The Bertz CT molecular complexity index is 693. The van der Waals surface area contributed by atoms with Gasteiger partial charge in [0, 0.05) is 5.69 Å². The fraction of sp³-hybridized carbons (Fsp3) is 0.0667. The quantitative estimate of drug-likeness (QED) is 0.870. The lowest BCUT2D eigenvalue weighted by atomic mass is 10.1. The third-order valence-electron chi connectivity index (χ3n) is 2.66. The number of methoxy groups -OCH3 is 1. The zero-order valence-electron chi connectivity index (χ0n) is 10.7. The highest BCUT2D eigenvalue weighted by atomic mass is 19.1. The van der Waals surface area contributed by atoms with Gasteiger partial charge in [-0.15, -0.1) is 0 Å². The number of esters is 1. The van der Waals surface area contributed by atoms with Crippen molar-refractivity contribution in [2.75, 3.05) is 12.4 Å². The van der Waals surface area contributed by atoms with Crippen LogP contribution < -0.4 is 5.32 Å². The summed E-state index contributed by atoms with van der Waals surface area (Å²) in [7, 11) is 1.29. The van der Waals surface area contributed by atoms with E-state index in [1.165, 1.54) is 19.2 Å². The molecular weight excluding hydrogens is 259 g/mol. The number of anilines is 2. The second kappa shape index (κ2) is 5.85. The highest BCUT2D eigenvalue weighted by molar-refractivity contribution is 5.90. The maximum Gasteiger partial charge on any atom is 0.337 e. The first-order valence-electron chi connectivity index (χ1n) is 5.79. The standard InChI is InChI=1S/C15H11FN2O2/c1-20-15(19)11-3-2-4-12(8-11)18-14-6-5-10(9-17)7-13(14)16/h2-8,18H,1H3. The lowest BCUT2D eigenvalue weighted by molar-refractivity contribution is 0.0601. The minimum atomic E-state index is -0.535. The number of nitrogens with zero attached hydrogens (tertiary/aromatic N) is 1. The number of carbonyl (C=O) groups is 1. The van der Waals surface area contributed by atoms with Crippen molar-refractivity contribution in [3.05, 3.63) is 59.4 Å². The summed E-state index contributed by atoms with van der Waals surface area (Å²) in [5.74, 6) is -0.999. The predicted octanol–water partition coefficient (Wildman–Crippen LogP) is 3.23. The summed E-state index contributed by atoms with van der Waals surface area (Å²) in [5.41, 5.74) is 1.39. The van der Waals surface area contributed by atoms with Crippen LogP contribution in [0.1, 0.15) is 15.9 Å². The largest absolute Gasteiger partial charge is 0.465 e. The van der Waals surface area contributed by atoms with Crippen molar-refractivity contribution < 1.29 is 13.9 Å². The maximum absolute atomic E-state index is 13.7. The number of hydrogen-bond acceptors (Lipinski definition) is 4. The van der Waals surface area contributed by atoms with E-state index in [9.17, 15) is 9.18 Å². The van der Waals surface area contributed by atoms with E-state index >= 15 is 0 Å². The number of halogens is 1. The van der Waals surface area contributed by atoms with Crippen molar-refractivity contribution in [1.82, 2.24) is 0 Å². The molecule has 2 aromatic carbocycles. The summed E-state index contributed by atoms with van der Waals surface area (Å²) in [6.07, 6.45) is 0. The van der Waals surface area contributed by atoms with Crippen LogP contribution >= 0.6 is 0 Å². The fourth-order valence-electron chi connectivity index (χ4n) is 1.68. The zero-order valence-corrected chi connectivity index (χ0v) is 10.7. The van der Waals surface area contributed by atoms with Crippen LogP contribution in [0.4, 0.5) is 15.8 Å². The molecule has 0 aliphatic heterocycles. The predicted molar refractivity (Wildman–Crippen MR) is 72.2 cm³/mol. The molecule has 1 N–H and O–H groups in total. The van der Waals surface area contributed by atoms with Crippen molar-refractivity contribution in [3.63, 3.8) is 0 Å². The van der Waals surface area contributed by atoms with Gasteiger partial charge in [-0.1, -0.05) is 6.07 Å². The molecule has 0 spiro atoms. The van der Waals surface area contributed by atoms with E-state index in [0.717, 1.165) is 6.07 Å². The monoisotopic (exact) mass is 270 g/mol. The highest BCUT2D eigenvalue weighted by Crippen LogP contribution is 2.21. The number of benzene rings is 2. The van der Waals surface area contributed by atoms with Gasteiger partial charge in [-0.25, -0.2) is 9.18 Å². The number of nitriles is 1. The number of nitrogens with one attached hydrogen (secondary N) is 1. The Morgan fingerprint density at radius 2 is 2.10 bits per heavy atom. The zero-order chi connectivity index (χ0) is 14.5. The van der Waals surface area contributed by atoms with Gasteiger partial charge in [0.1, 0.15) is 5.82 Å². The lowest BCUT2D eigenvalue weighted by Crippen LogP contribution is -2.02. The van der Waals surface area contributed by atoms with Crippen molar-refractivity contribution in [1.29, 1.82) is 5.26 Å². The van der Waals surface area contributed by atoms with E-state index in [1.54, 1.807) is 24.3 Å². The molecule has 5 heteroatoms. The van der Waals surface area contributed by atoms with Gasteiger partial charge in [0.15, 0.2) is 0 Å². The van der Waals surface area contributed by atoms with Gasteiger partial charge in [-0.05, 0) is 36.4 Å². The second-order valence-corrected chi connectivity index (χ2v) is 4.00. The van der Waals surface area contributed by atoms with Gasteiger partial charge >= 0.3 is 5.97 Å². The first-order chi connectivity index (χ1) is 9.63. The molecule has 0 aliphatic carbocycles. The summed E-state index contributed by atoms with van der Waals surface area (Å²) in [6, 6.07) is 12.5. The molecule has 0 radical (unpaired) electrons. The third-order valence-corrected chi connectivity index (χ3v) is 2.66. The van der Waals surface area contributed by atoms with E-state index in [-0.39, 0.29) is 11.3 Å². The smallest absolute Gasteiger partial charge is 0.337 e. The van der Waals surface area contributed by atoms with Gasteiger partial charge in [-0.3, -0.25) is 0 Å². The van der Waals surface area contributed by atoms with Gasteiger partial charge in [0.2, 0.25) is 0 Å². The van der Waals surface area contributed by atoms with Gasteiger partial charge in [-0.2, -0.15) is 5.26 Å². The summed E-state index contributed by atoms with van der Waals surface area (Å²) in [5, 5.41) is 11.5. The Morgan fingerprint density at radius 3 is 2.75 bits per heavy atom. The van der Waals surface area contributed by atoms with Crippen LogP contribution in [-0.2, 0) is 4.74 Å². The Hall–Kier alpha value is -2.87. The molecule has 0 bridgehead atoms. The van der Waals surface area contributed by atoms with Gasteiger partial charge in [0.25, 0.3) is 0 Å². The minimum Gasteiger partial charge on any atom is -0.465 e. The summed E-state index contributed by atoms with van der Waals surface area (Å²) >= 11 is 0. The topological polar surface area (TPSA) is 62.1 Å². The average molecular weight is 270 g/mol. The van der Waals surface area contributed by atoms with E-state index < -0.39 is 11.8 Å². The first kappa shape index (κ1) is 13.6. The molecule has 2 rings (SSSR count). The maximum atomic E-state index is 13.7. The van der Waals surface area contributed by atoms with E-state index in [2.05, 4.69) is 10.1 Å². The molecule has 0 saturated carbocycles. The summed E-state index contributed by atoms with van der Waals surface area (Å²) in [6.45, 7) is 0. The van der Waals surface area contributed by atoms with E-state index in [1.807, 2.05) is 6.07 Å². The van der Waals surface area contributed by atoms with Crippen LogP contribution in [0.3, 0.4) is 0 Å². The summed E-state index contributed by atoms with van der Waals surface area (Å²) in [4.78, 5) is 11.4. The van der Waals surface area contributed by atoms with Crippen LogP contribution in [0.25, 0.3) is 0 Å². The number of ether oxygens (including phenoxy) is 1. The Morgan fingerprint density at radius 1 is 1.30 bits per heavy atom. The van der Waals surface area contributed by atoms with Gasteiger partial charge < -0.3 is 10.1 Å². The van der Waals surface area contributed by atoms with Crippen LogP contribution in [0.5, 0.6) is 0 Å². The molecule has 0 amide bonds. The van der Waals surface area contributed by atoms with Crippen LogP contribution in [0.15, 0.2) is 42.5 Å². The molecule has 20 heavy (non-hydrogen) atoms. The van der Waals surface area contributed by atoms with Crippen LogP contribution in [0, 0.1) is 17.1 Å². The molecule has 0 aromatic heterocycles. The van der Waals surface area contributed by atoms with Crippen LogP contribution in [-0.4, -0.2) is 13.1 Å². The molecule has 0 aliphatic rings. The highest BCUT2D eigenvalue weighted by Gasteiger charge is 2.07. The summed E-state index contributed by atoms with van der Waals surface area (Å²) < 4.78 is 18.4. The van der Waals surface area contributed by atoms with Crippen molar-refractivity contribution in [3.8, 4) is 6.07 Å². The normalized spacial score (nSPS) is 9.65. The molecule has 4 nitrogen and oxygen atoms in total. The number of hydrogen-bond donors (Lipinski definition) is 1. The van der Waals surface area contributed by atoms with E-state index in [4.69, 9.17) is 5.26 Å². The Kier molecular flexibility index (Phi) is 3.96. The molecule has 0 heterocycles. The average Bonchev–Trinajstić information content (AvgIpc) is 2.48. The Balaban J connectivity index is 2.26. The molecule has 100 valence electrons. The first-order valence-corrected chi connectivity index (χ1v) is 5.79.